The highest BCUT2D eigenvalue weighted by atomic mass is 35.5. The van der Waals surface area contributed by atoms with Crippen LogP contribution in [0.25, 0.3) is 0 Å². The van der Waals surface area contributed by atoms with Gasteiger partial charge in [0.05, 0.1) is 23.2 Å². The van der Waals surface area contributed by atoms with E-state index in [0.717, 1.165) is 22.3 Å². The standard InChI is InChI=1S/C41H52ClN3O9/c1-22(2)28-13-15-29(16-14-28)37(48)44(8)26(6)38(49)53-33-20-34(47)45(9)30-19-27(18-24(4)35(30)42)17-23(3)11-10-12-32(46)41(51)21-31(52-39(50)43-41)25(5)36-40(33,7)54-36/h10-16,18-19,22,25-26,31-33,36,46,51H,17,20-21H2,1-9H3,(H,43,50)/b12-10+,23-11+/t25-,26+,31+,32-,33+,36+,40+,41+/m1/s1. The normalized spacial score (nSPS) is 30.9. The van der Waals surface area contributed by atoms with Crippen molar-refractivity contribution in [3.05, 3.63) is 87.5 Å². The van der Waals surface area contributed by atoms with Gasteiger partial charge in [0.25, 0.3) is 5.91 Å². The fourth-order valence-electron chi connectivity index (χ4n) is 7.17. The van der Waals surface area contributed by atoms with Crippen molar-refractivity contribution in [1.29, 1.82) is 0 Å². The minimum Gasteiger partial charge on any atom is -0.457 e. The molecule has 2 aromatic carbocycles. The Kier molecular flexibility index (Phi) is 12.0. The first-order chi connectivity index (χ1) is 25.2. The molecule has 5 rings (SSSR count). The Bertz CT molecular complexity index is 1850. The molecule has 0 saturated carbocycles. The van der Waals surface area contributed by atoms with Crippen LogP contribution < -0.4 is 10.2 Å². The third-order valence-electron chi connectivity index (χ3n) is 11.0. The number of benzene rings is 2. The van der Waals surface area contributed by atoms with Crippen molar-refractivity contribution in [1.82, 2.24) is 10.2 Å². The van der Waals surface area contributed by atoms with Crippen LogP contribution in [0.4, 0.5) is 10.5 Å². The number of hydrogen-bond donors (Lipinski definition) is 3. The number of nitrogens with zero attached hydrogens (tertiary/aromatic N) is 2. The van der Waals surface area contributed by atoms with Crippen LogP contribution in [0.1, 0.15) is 87.4 Å². The first-order valence-corrected chi connectivity index (χ1v) is 18.7. The zero-order chi connectivity index (χ0) is 39.9. The zero-order valence-corrected chi connectivity index (χ0v) is 33.1. The van der Waals surface area contributed by atoms with Crippen LogP contribution in [-0.2, 0) is 30.2 Å². The van der Waals surface area contributed by atoms with Crippen LogP contribution in [0.15, 0.2) is 60.2 Å². The number of amides is 3. The van der Waals surface area contributed by atoms with Crippen LogP contribution in [-0.4, -0.2) is 94.9 Å². The number of epoxide rings is 1. The lowest BCUT2D eigenvalue weighted by Crippen LogP contribution is -2.63. The number of aliphatic hydroxyl groups excluding tert-OH is 1. The number of ether oxygens (including phenoxy) is 3. The van der Waals surface area contributed by atoms with Crippen LogP contribution in [0.5, 0.6) is 0 Å². The second-order valence-corrected chi connectivity index (χ2v) is 15.9. The Hall–Kier alpha value is -4.23. The second kappa shape index (κ2) is 15.9. The lowest BCUT2D eigenvalue weighted by molar-refractivity contribution is -0.158. The maximum Gasteiger partial charge on any atom is 0.409 e. The van der Waals surface area contributed by atoms with Gasteiger partial charge in [-0.25, -0.2) is 9.59 Å². The van der Waals surface area contributed by atoms with E-state index in [1.54, 1.807) is 52.1 Å². The molecule has 54 heavy (non-hydrogen) atoms. The SMILES string of the molecule is C/C1=C\C=C\[C@@H](O)[C@@]2(O)C[C@H](OC(=O)N2)[C@@H](C)[C@@H]2O[C@@]2(C)[C@@H](OC(=O)[C@H](C)N(C)C(=O)c2ccc(C(C)C)cc2)CC(=O)N(C)c2cc(cc(C)c2Cl)C1. The quantitative estimate of drug-likeness (QED) is 0.261. The van der Waals surface area contributed by atoms with Crippen molar-refractivity contribution in [2.75, 3.05) is 19.0 Å². The Morgan fingerprint density at radius 2 is 1.80 bits per heavy atom. The van der Waals surface area contributed by atoms with Gasteiger partial charge in [0.2, 0.25) is 5.91 Å². The molecule has 3 heterocycles. The van der Waals surface area contributed by atoms with Crippen LogP contribution in [0.3, 0.4) is 0 Å². The highest BCUT2D eigenvalue weighted by Crippen LogP contribution is 2.49. The molecule has 4 bridgehead atoms. The number of nitrogens with one attached hydrogen (secondary N) is 1. The third kappa shape index (κ3) is 8.52. The molecule has 3 aliphatic rings. The van der Waals surface area contributed by atoms with Crippen molar-refractivity contribution in [3.8, 4) is 0 Å². The molecule has 0 radical (unpaired) electrons. The zero-order valence-electron chi connectivity index (χ0n) is 32.4. The summed E-state index contributed by atoms with van der Waals surface area (Å²) < 4.78 is 17.9. The molecule has 292 valence electrons. The summed E-state index contributed by atoms with van der Waals surface area (Å²) in [5.41, 5.74) is 1.22. The molecule has 8 atom stereocenters. The summed E-state index contributed by atoms with van der Waals surface area (Å²) >= 11 is 6.76. The molecule has 0 unspecified atom stereocenters. The highest BCUT2D eigenvalue weighted by Gasteiger charge is 2.64. The number of allylic oxidation sites excluding steroid dienone is 3. The van der Waals surface area contributed by atoms with Gasteiger partial charge in [0, 0.05) is 32.0 Å². The average Bonchev–Trinajstić information content (AvgIpc) is 3.82. The van der Waals surface area contributed by atoms with E-state index in [1.165, 1.54) is 22.9 Å². The Morgan fingerprint density at radius 3 is 2.44 bits per heavy atom. The predicted molar refractivity (Wildman–Crippen MR) is 204 cm³/mol. The first kappa shape index (κ1) is 40.9. The Balaban J connectivity index is 1.48. The molecular formula is C41H52ClN3O9. The third-order valence-corrected chi connectivity index (χ3v) is 11.5. The number of fused-ring (bicyclic) bond motifs is 5. The topological polar surface area (TPSA) is 158 Å². The molecule has 3 amide bonds. The van der Waals surface area contributed by atoms with E-state index in [1.807, 2.05) is 38.1 Å². The number of aryl methyl sites for hydroxylation is 1. The molecule has 3 aliphatic heterocycles. The van der Waals surface area contributed by atoms with E-state index in [0.29, 0.717) is 22.7 Å². The van der Waals surface area contributed by atoms with Gasteiger partial charge in [-0.05, 0) is 74.9 Å². The van der Waals surface area contributed by atoms with Crippen molar-refractivity contribution in [2.24, 2.45) is 5.92 Å². The second-order valence-electron chi connectivity index (χ2n) is 15.5. The number of hydrogen-bond acceptors (Lipinski definition) is 9. The predicted octanol–water partition coefficient (Wildman–Crippen LogP) is 5.60. The first-order valence-electron chi connectivity index (χ1n) is 18.3. The molecule has 2 fully saturated rings. The number of halogens is 1. The van der Waals surface area contributed by atoms with Gasteiger partial charge in [0.1, 0.15) is 30.0 Å². The molecule has 3 N–H and O–H groups in total. The van der Waals surface area contributed by atoms with Crippen molar-refractivity contribution in [3.63, 3.8) is 0 Å². The van der Waals surface area contributed by atoms with Gasteiger partial charge >= 0.3 is 12.1 Å². The fraction of sp³-hybridized carbons (Fsp3) is 0.512. The van der Waals surface area contributed by atoms with E-state index in [-0.39, 0.29) is 24.7 Å². The molecule has 2 aromatic rings. The van der Waals surface area contributed by atoms with Gasteiger partial charge in [-0.15, -0.1) is 0 Å². The van der Waals surface area contributed by atoms with Crippen LogP contribution >= 0.6 is 11.6 Å². The van der Waals surface area contributed by atoms with Gasteiger partial charge in [-0.1, -0.05) is 74.4 Å². The molecular weight excluding hydrogens is 714 g/mol. The Morgan fingerprint density at radius 1 is 1.13 bits per heavy atom. The summed E-state index contributed by atoms with van der Waals surface area (Å²) in [6.45, 7) is 12.9. The van der Waals surface area contributed by atoms with Gasteiger partial charge in [0.15, 0.2) is 5.72 Å². The van der Waals surface area contributed by atoms with E-state index >= 15 is 0 Å². The lowest BCUT2D eigenvalue weighted by atomic mass is 9.83. The van der Waals surface area contributed by atoms with E-state index in [4.69, 9.17) is 25.8 Å². The number of anilines is 1. The van der Waals surface area contributed by atoms with Crippen molar-refractivity contribution in [2.45, 2.75) is 115 Å². The molecule has 2 saturated heterocycles. The summed E-state index contributed by atoms with van der Waals surface area (Å²) in [5, 5.41) is 25.2. The van der Waals surface area contributed by atoms with Crippen molar-refractivity contribution < 1.29 is 43.6 Å². The monoisotopic (exact) mass is 765 g/mol. The summed E-state index contributed by atoms with van der Waals surface area (Å²) in [5.74, 6) is -1.82. The number of esters is 1. The fourth-order valence-corrected chi connectivity index (χ4v) is 7.40. The maximum absolute atomic E-state index is 14.1. The molecule has 0 spiro atoms. The van der Waals surface area contributed by atoms with E-state index in [2.05, 4.69) is 19.2 Å². The number of likely N-dealkylation sites (N-methyl/N-ethyl adjacent to an activating group) is 1. The van der Waals surface area contributed by atoms with Crippen molar-refractivity contribution >= 4 is 41.2 Å². The number of carbonyl (C=O) groups is 4. The average molecular weight is 766 g/mol. The van der Waals surface area contributed by atoms with E-state index in [9.17, 15) is 29.4 Å². The molecule has 0 aromatic heterocycles. The van der Waals surface area contributed by atoms with Gasteiger partial charge in [-0.2, -0.15) is 0 Å². The van der Waals surface area contributed by atoms with E-state index < -0.39 is 65.7 Å². The number of aliphatic hydroxyl groups is 2. The van der Waals surface area contributed by atoms with Gasteiger partial charge in [-0.3, -0.25) is 14.9 Å². The molecule has 0 aliphatic carbocycles. The summed E-state index contributed by atoms with van der Waals surface area (Å²) in [4.78, 5) is 56.9. The molecule has 12 nitrogen and oxygen atoms in total. The smallest absolute Gasteiger partial charge is 0.409 e. The number of rotatable bonds is 5. The summed E-state index contributed by atoms with van der Waals surface area (Å²) in [6, 6.07) is 9.93. The number of carbonyl (C=O) groups excluding carboxylic acids is 4. The van der Waals surface area contributed by atoms with Crippen LogP contribution in [0.2, 0.25) is 5.02 Å². The number of alkyl carbamates (subject to hydrolysis) is 1. The summed E-state index contributed by atoms with van der Waals surface area (Å²) in [6.07, 6.45) is -0.355. The maximum atomic E-state index is 14.1. The van der Waals surface area contributed by atoms with Gasteiger partial charge < -0.3 is 34.2 Å². The Labute approximate surface area is 322 Å². The largest absolute Gasteiger partial charge is 0.457 e. The summed E-state index contributed by atoms with van der Waals surface area (Å²) in [7, 11) is 3.12. The highest BCUT2D eigenvalue weighted by molar-refractivity contribution is 6.34. The molecule has 13 heteroatoms. The minimum atomic E-state index is -2.05. The minimum absolute atomic E-state index is 0.179. The van der Waals surface area contributed by atoms with Crippen LogP contribution in [0, 0.1) is 12.8 Å². The lowest BCUT2D eigenvalue weighted by Gasteiger charge is -2.41.